The van der Waals surface area contributed by atoms with Crippen molar-refractivity contribution < 1.29 is 4.74 Å². The molecule has 0 aliphatic rings. The van der Waals surface area contributed by atoms with Gasteiger partial charge in [0.15, 0.2) is 0 Å². The van der Waals surface area contributed by atoms with E-state index in [4.69, 9.17) is 10.5 Å². The lowest BCUT2D eigenvalue weighted by molar-refractivity contribution is 0.340. The molecule has 0 saturated carbocycles. The van der Waals surface area contributed by atoms with Gasteiger partial charge in [0.1, 0.15) is 11.6 Å². The Bertz CT molecular complexity index is 456. The van der Waals surface area contributed by atoms with Crippen LogP contribution in [0, 0.1) is 0 Å². The van der Waals surface area contributed by atoms with Gasteiger partial charge >= 0.3 is 0 Å². The molecule has 2 aromatic rings. The van der Waals surface area contributed by atoms with Crippen LogP contribution in [-0.2, 0) is 0 Å². The molecule has 1 heterocycles. The lowest BCUT2D eigenvalue weighted by atomic mass is 10.3. The third kappa shape index (κ3) is 1.59. The number of hydrogen-bond donors (Lipinski definition) is 1. The molecule has 0 unspecified atom stereocenters. The average molecular weight is 189 g/mol. The molecule has 2 rings (SSSR count). The fraction of sp³-hybridized carbons (Fsp3) is 0.200. The number of nitrogen functional groups attached to an aromatic ring is 1. The number of ether oxygens (including phenoxy) is 1. The van der Waals surface area contributed by atoms with Crippen LogP contribution >= 0.6 is 0 Å². The van der Waals surface area contributed by atoms with Crippen LogP contribution in [0.2, 0.25) is 0 Å². The molecule has 0 bridgehead atoms. The Hall–Kier alpha value is -1.84. The monoisotopic (exact) mass is 189 g/mol. The average Bonchev–Trinajstić information content (AvgIpc) is 2.19. The Kier molecular flexibility index (Phi) is 2.18. The molecule has 0 radical (unpaired) electrons. The number of hydrogen-bond acceptors (Lipinski definition) is 4. The SMILES string of the molecule is CCOc1ccc2nc(N)cnc2c1. The highest BCUT2D eigenvalue weighted by atomic mass is 16.5. The van der Waals surface area contributed by atoms with Crippen molar-refractivity contribution in [2.45, 2.75) is 6.92 Å². The minimum absolute atomic E-state index is 0.432. The van der Waals surface area contributed by atoms with E-state index in [2.05, 4.69) is 9.97 Å². The molecule has 72 valence electrons. The van der Waals surface area contributed by atoms with E-state index in [-0.39, 0.29) is 0 Å². The van der Waals surface area contributed by atoms with Crippen molar-refractivity contribution in [2.75, 3.05) is 12.3 Å². The number of rotatable bonds is 2. The zero-order valence-electron chi connectivity index (χ0n) is 7.90. The summed E-state index contributed by atoms with van der Waals surface area (Å²) in [4.78, 5) is 8.29. The predicted octanol–water partition coefficient (Wildman–Crippen LogP) is 1.61. The highest BCUT2D eigenvalue weighted by Gasteiger charge is 1.99. The smallest absolute Gasteiger partial charge is 0.142 e. The zero-order chi connectivity index (χ0) is 9.97. The second-order valence-electron chi connectivity index (χ2n) is 2.88. The number of fused-ring (bicyclic) bond motifs is 1. The molecule has 0 spiro atoms. The summed E-state index contributed by atoms with van der Waals surface area (Å²) in [6.07, 6.45) is 1.54. The maximum atomic E-state index is 5.52. The molecule has 14 heavy (non-hydrogen) atoms. The Balaban J connectivity index is 2.50. The van der Waals surface area contributed by atoms with Gasteiger partial charge in [-0.3, -0.25) is 4.98 Å². The number of anilines is 1. The quantitative estimate of drug-likeness (QED) is 0.779. The summed E-state index contributed by atoms with van der Waals surface area (Å²) in [5.41, 5.74) is 7.10. The molecule has 4 nitrogen and oxygen atoms in total. The lowest BCUT2D eigenvalue weighted by Gasteiger charge is -2.03. The van der Waals surface area contributed by atoms with Gasteiger partial charge in [-0.05, 0) is 19.1 Å². The fourth-order valence-electron chi connectivity index (χ4n) is 1.26. The molecule has 1 aromatic heterocycles. The molecule has 1 aromatic carbocycles. The minimum Gasteiger partial charge on any atom is -0.494 e. The van der Waals surface area contributed by atoms with Gasteiger partial charge in [0, 0.05) is 6.07 Å². The van der Waals surface area contributed by atoms with E-state index in [9.17, 15) is 0 Å². The first-order valence-electron chi connectivity index (χ1n) is 4.44. The highest BCUT2D eigenvalue weighted by molar-refractivity contribution is 5.76. The van der Waals surface area contributed by atoms with Crippen molar-refractivity contribution in [3.8, 4) is 5.75 Å². The summed E-state index contributed by atoms with van der Waals surface area (Å²) >= 11 is 0. The van der Waals surface area contributed by atoms with E-state index in [1.165, 1.54) is 6.20 Å². The van der Waals surface area contributed by atoms with Gasteiger partial charge in [0.2, 0.25) is 0 Å². The first-order chi connectivity index (χ1) is 6.79. The van der Waals surface area contributed by atoms with Crippen molar-refractivity contribution in [3.63, 3.8) is 0 Å². The summed E-state index contributed by atoms with van der Waals surface area (Å²) in [5, 5.41) is 0. The van der Waals surface area contributed by atoms with Gasteiger partial charge in [0.25, 0.3) is 0 Å². The minimum atomic E-state index is 0.432. The molecule has 0 fully saturated rings. The molecule has 2 N–H and O–H groups in total. The summed E-state index contributed by atoms with van der Waals surface area (Å²) in [6.45, 7) is 2.59. The zero-order valence-corrected chi connectivity index (χ0v) is 7.90. The first kappa shape index (κ1) is 8.74. The normalized spacial score (nSPS) is 10.4. The highest BCUT2D eigenvalue weighted by Crippen LogP contribution is 2.18. The van der Waals surface area contributed by atoms with E-state index in [1.807, 2.05) is 25.1 Å². The maximum absolute atomic E-state index is 5.52. The molecular formula is C10H11N3O. The first-order valence-corrected chi connectivity index (χ1v) is 4.44. The van der Waals surface area contributed by atoms with Gasteiger partial charge in [-0.2, -0.15) is 0 Å². The Morgan fingerprint density at radius 2 is 2.21 bits per heavy atom. The van der Waals surface area contributed by atoms with Crippen LogP contribution in [0.25, 0.3) is 11.0 Å². The topological polar surface area (TPSA) is 61.0 Å². The van der Waals surface area contributed by atoms with E-state index < -0.39 is 0 Å². The number of aromatic nitrogens is 2. The standard InChI is InChI=1S/C10H11N3O/c1-2-14-7-3-4-8-9(5-7)12-6-10(11)13-8/h3-6H,2H2,1H3,(H2,11,13). The number of nitrogens with two attached hydrogens (primary N) is 1. The summed E-state index contributed by atoms with van der Waals surface area (Å²) in [6, 6.07) is 5.56. The second-order valence-corrected chi connectivity index (χ2v) is 2.88. The van der Waals surface area contributed by atoms with Crippen LogP contribution in [0.15, 0.2) is 24.4 Å². The van der Waals surface area contributed by atoms with Crippen molar-refractivity contribution >= 4 is 16.9 Å². The third-order valence-electron chi connectivity index (χ3n) is 1.84. The van der Waals surface area contributed by atoms with Crippen LogP contribution in [-0.4, -0.2) is 16.6 Å². The van der Waals surface area contributed by atoms with Crippen LogP contribution in [0.4, 0.5) is 5.82 Å². The fourth-order valence-corrected chi connectivity index (χ4v) is 1.26. The second kappa shape index (κ2) is 3.49. The largest absolute Gasteiger partial charge is 0.494 e. The van der Waals surface area contributed by atoms with Gasteiger partial charge in [-0.1, -0.05) is 0 Å². The van der Waals surface area contributed by atoms with Crippen molar-refractivity contribution in [1.82, 2.24) is 9.97 Å². The Morgan fingerprint density at radius 1 is 1.36 bits per heavy atom. The van der Waals surface area contributed by atoms with Crippen LogP contribution in [0.3, 0.4) is 0 Å². The van der Waals surface area contributed by atoms with Crippen LogP contribution in [0.1, 0.15) is 6.92 Å². The Labute approximate surface area is 81.7 Å². The van der Waals surface area contributed by atoms with E-state index in [0.717, 1.165) is 16.8 Å². The number of nitrogens with zero attached hydrogens (tertiary/aromatic N) is 2. The van der Waals surface area contributed by atoms with Gasteiger partial charge < -0.3 is 10.5 Å². The molecule has 4 heteroatoms. The molecule has 0 saturated heterocycles. The summed E-state index contributed by atoms with van der Waals surface area (Å²) in [5.74, 6) is 1.24. The van der Waals surface area contributed by atoms with E-state index in [1.54, 1.807) is 0 Å². The van der Waals surface area contributed by atoms with Gasteiger partial charge in [-0.25, -0.2) is 4.98 Å². The molecular weight excluding hydrogens is 178 g/mol. The molecule has 0 aliphatic carbocycles. The van der Waals surface area contributed by atoms with E-state index >= 15 is 0 Å². The molecule has 0 atom stereocenters. The summed E-state index contributed by atoms with van der Waals surface area (Å²) in [7, 11) is 0. The van der Waals surface area contributed by atoms with Gasteiger partial charge in [0.05, 0.1) is 23.8 Å². The van der Waals surface area contributed by atoms with Crippen LogP contribution < -0.4 is 10.5 Å². The predicted molar refractivity (Wildman–Crippen MR) is 55.1 cm³/mol. The molecule has 0 aliphatic heterocycles. The lowest BCUT2D eigenvalue weighted by Crippen LogP contribution is -1.94. The van der Waals surface area contributed by atoms with Gasteiger partial charge in [-0.15, -0.1) is 0 Å². The maximum Gasteiger partial charge on any atom is 0.142 e. The van der Waals surface area contributed by atoms with Crippen molar-refractivity contribution in [1.29, 1.82) is 0 Å². The summed E-state index contributed by atoms with van der Waals surface area (Å²) < 4.78 is 5.35. The third-order valence-corrected chi connectivity index (χ3v) is 1.84. The molecule has 0 amide bonds. The van der Waals surface area contributed by atoms with Crippen LogP contribution in [0.5, 0.6) is 5.75 Å². The van der Waals surface area contributed by atoms with Crippen molar-refractivity contribution in [3.05, 3.63) is 24.4 Å². The van der Waals surface area contributed by atoms with E-state index in [0.29, 0.717) is 12.4 Å². The Morgan fingerprint density at radius 3 is 3.00 bits per heavy atom. The van der Waals surface area contributed by atoms with Crippen molar-refractivity contribution in [2.24, 2.45) is 0 Å². The number of benzene rings is 1.